The first-order chi connectivity index (χ1) is 10.2. The molecule has 1 aromatic carbocycles. The molecule has 0 atom stereocenters. The summed E-state index contributed by atoms with van der Waals surface area (Å²) < 4.78 is 2.17. The van der Waals surface area contributed by atoms with Gasteiger partial charge in [-0.2, -0.15) is 0 Å². The molecule has 21 heavy (non-hydrogen) atoms. The lowest BCUT2D eigenvalue weighted by Gasteiger charge is -2.06. The first kappa shape index (κ1) is 14.5. The maximum atomic E-state index is 6.36. The summed E-state index contributed by atoms with van der Waals surface area (Å²) in [5, 5.41) is 3.83. The molecule has 0 saturated carbocycles. The molecule has 0 aliphatic carbocycles. The Balaban J connectivity index is 2.16. The molecular weight excluding hydrogens is 304 g/mol. The Morgan fingerprint density at radius 1 is 1.33 bits per heavy atom. The molecule has 2 heterocycles. The van der Waals surface area contributed by atoms with Gasteiger partial charge in [-0.3, -0.25) is 0 Å². The Labute approximate surface area is 132 Å². The van der Waals surface area contributed by atoms with Crippen molar-refractivity contribution in [2.24, 2.45) is 5.73 Å². The molecule has 0 radical (unpaired) electrons. The van der Waals surface area contributed by atoms with Crippen LogP contribution in [-0.4, -0.2) is 21.1 Å². The number of halogens is 1. The maximum absolute atomic E-state index is 6.36. The topological polar surface area (TPSA) is 56.7 Å². The normalized spacial score (nSPS) is 11.4. The standard InChI is InChI=1S/C15H17ClN4S/c1-2-8-20-14-10(16)4-3-5-11(14)19-15(20)12-9-21-13(18-12)6-7-17/h3-5,9H,2,6-8,17H2,1H3. The minimum atomic E-state index is 0.615. The molecule has 3 aromatic rings. The predicted molar refractivity (Wildman–Crippen MR) is 88.9 cm³/mol. The molecule has 4 nitrogen and oxygen atoms in total. The van der Waals surface area contributed by atoms with Crippen molar-refractivity contribution < 1.29 is 0 Å². The van der Waals surface area contributed by atoms with Crippen LogP contribution in [0, 0.1) is 0 Å². The third kappa shape index (κ3) is 2.69. The van der Waals surface area contributed by atoms with E-state index in [1.807, 2.05) is 23.6 Å². The zero-order chi connectivity index (χ0) is 14.8. The number of nitrogens with zero attached hydrogens (tertiary/aromatic N) is 3. The zero-order valence-corrected chi connectivity index (χ0v) is 13.4. The Kier molecular flexibility index (Phi) is 4.24. The van der Waals surface area contributed by atoms with Crippen molar-refractivity contribution in [1.82, 2.24) is 14.5 Å². The molecule has 0 aliphatic heterocycles. The number of hydrogen-bond donors (Lipinski definition) is 1. The number of hydrogen-bond acceptors (Lipinski definition) is 4. The highest BCUT2D eigenvalue weighted by atomic mass is 35.5. The fraction of sp³-hybridized carbons (Fsp3) is 0.333. The maximum Gasteiger partial charge on any atom is 0.160 e. The van der Waals surface area contributed by atoms with Crippen LogP contribution in [0.15, 0.2) is 23.6 Å². The number of benzene rings is 1. The van der Waals surface area contributed by atoms with E-state index in [4.69, 9.17) is 22.3 Å². The van der Waals surface area contributed by atoms with Gasteiger partial charge >= 0.3 is 0 Å². The first-order valence-electron chi connectivity index (χ1n) is 7.04. The van der Waals surface area contributed by atoms with Crippen LogP contribution in [0.5, 0.6) is 0 Å². The Morgan fingerprint density at radius 2 is 2.19 bits per heavy atom. The van der Waals surface area contributed by atoms with Gasteiger partial charge in [0.15, 0.2) is 5.82 Å². The molecule has 2 N–H and O–H groups in total. The molecule has 0 aliphatic rings. The predicted octanol–water partition coefficient (Wildman–Crippen LogP) is 3.72. The van der Waals surface area contributed by atoms with E-state index in [1.165, 1.54) is 0 Å². The fourth-order valence-electron chi connectivity index (χ4n) is 2.43. The molecule has 110 valence electrons. The number of nitrogens with two attached hydrogens (primary N) is 1. The molecule has 0 bridgehead atoms. The molecule has 2 aromatic heterocycles. The highest BCUT2D eigenvalue weighted by Crippen LogP contribution is 2.30. The molecular formula is C15H17ClN4S. The summed E-state index contributed by atoms with van der Waals surface area (Å²) in [6.45, 7) is 3.64. The molecule has 6 heteroatoms. The SMILES string of the molecule is CCCn1c(-c2csc(CCN)n2)nc2cccc(Cl)c21. The van der Waals surface area contributed by atoms with Gasteiger partial charge in [-0.1, -0.05) is 24.6 Å². The van der Waals surface area contributed by atoms with E-state index in [1.54, 1.807) is 11.3 Å². The van der Waals surface area contributed by atoms with Crippen molar-refractivity contribution in [2.45, 2.75) is 26.3 Å². The van der Waals surface area contributed by atoms with E-state index >= 15 is 0 Å². The van der Waals surface area contributed by atoms with Gasteiger partial charge in [0.1, 0.15) is 5.69 Å². The average molecular weight is 321 g/mol. The summed E-state index contributed by atoms with van der Waals surface area (Å²) in [5.41, 5.74) is 8.41. The third-order valence-corrected chi connectivity index (χ3v) is 4.52. The van der Waals surface area contributed by atoms with E-state index in [0.29, 0.717) is 6.54 Å². The molecule has 0 spiro atoms. The second kappa shape index (κ2) is 6.13. The van der Waals surface area contributed by atoms with Crippen molar-refractivity contribution in [3.63, 3.8) is 0 Å². The zero-order valence-electron chi connectivity index (χ0n) is 11.8. The van der Waals surface area contributed by atoms with Gasteiger partial charge in [-0.25, -0.2) is 9.97 Å². The summed E-state index contributed by atoms with van der Waals surface area (Å²) in [4.78, 5) is 9.38. The molecule has 0 amide bonds. The molecule has 0 saturated heterocycles. The minimum Gasteiger partial charge on any atom is -0.330 e. The summed E-state index contributed by atoms with van der Waals surface area (Å²) in [7, 11) is 0. The van der Waals surface area contributed by atoms with E-state index in [2.05, 4.69) is 16.5 Å². The van der Waals surface area contributed by atoms with E-state index in [0.717, 1.165) is 52.0 Å². The Bertz CT molecular complexity index is 762. The first-order valence-corrected chi connectivity index (χ1v) is 8.30. The lowest BCUT2D eigenvalue weighted by Crippen LogP contribution is -2.03. The number of para-hydroxylation sites is 1. The average Bonchev–Trinajstić information content (AvgIpc) is 3.05. The van der Waals surface area contributed by atoms with Crippen LogP contribution in [0.1, 0.15) is 18.4 Å². The van der Waals surface area contributed by atoms with E-state index in [9.17, 15) is 0 Å². The van der Waals surface area contributed by atoms with Gasteiger partial charge < -0.3 is 10.3 Å². The molecule has 0 fully saturated rings. The quantitative estimate of drug-likeness (QED) is 0.779. The summed E-state index contributed by atoms with van der Waals surface area (Å²) in [6, 6.07) is 5.82. The second-order valence-corrected chi connectivity index (χ2v) is 6.21. The van der Waals surface area contributed by atoms with Crippen molar-refractivity contribution in [2.75, 3.05) is 6.54 Å². The fourth-order valence-corrected chi connectivity index (χ4v) is 3.49. The lowest BCUT2D eigenvalue weighted by molar-refractivity contribution is 0.702. The van der Waals surface area contributed by atoms with Crippen LogP contribution in [-0.2, 0) is 13.0 Å². The smallest absolute Gasteiger partial charge is 0.160 e. The lowest BCUT2D eigenvalue weighted by atomic mass is 10.3. The number of thiazole rings is 1. The van der Waals surface area contributed by atoms with Crippen LogP contribution in [0.2, 0.25) is 5.02 Å². The van der Waals surface area contributed by atoms with Crippen LogP contribution < -0.4 is 5.73 Å². The number of aromatic nitrogens is 3. The van der Waals surface area contributed by atoms with Gasteiger partial charge in [0.2, 0.25) is 0 Å². The van der Waals surface area contributed by atoms with Gasteiger partial charge in [0.05, 0.1) is 21.1 Å². The van der Waals surface area contributed by atoms with Crippen molar-refractivity contribution in [3.8, 4) is 11.5 Å². The van der Waals surface area contributed by atoms with E-state index in [-0.39, 0.29) is 0 Å². The Hall–Kier alpha value is -1.43. The van der Waals surface area contributed by atoms with Gasteiger partial charge in [-0.15, -0.1) is 11.3 Å². The van der Waals surface area contributed by atoms with Gasteiger partial charge in [-0.05, 0) is 25.1 Å². The van der Waals surface area contributed by atoms with Gasteiger partial charge in [0.25, 0.3) is 0 Å². The highest BCUT2D eigenvalue weighted by molar-refractivity contribution is 7.09. The number of aryl methyl sites for hydroxylation is 1. The van der Waals surface area contributed by atoms with Crippen LogP contribution >= 0.6 is 22.9 Å². The van der Waals surface area contributed by atoms with Crippen molar-refractivity contribution >= 4 is 34.0 Å². The summed E-state index contributed by atoms with van der Waals surface area (Å²) >= 11 is 7.99. The summed E-state index contributed by atoms with van der Waals surface area (Å²) in [6.07, 6.45) is 1.82. The highest BCUT2D eigenvalue weighted by Gasteiger charge is 2.16. The third-order valence-electron chi connectivity index (χ3n) is 3.30. The minimum absolute atomic E-state index is 0.615. The molecule has 0 unspecified atom stereocenters. The second-order valence-electron chi connectivity index (χ2n) is 4.86. The summed E-state index contributed by atoms with van der Waals surface area (Å²) in [5.74, 6) is 0.888. The number of rotatable bonds is 5. The van der Waals surface area contributed by atoms with Crippen LogP contribution in [0.3, 0.4) is 0 Å². The van der Waals surface area contributed by atoms with Gasteiger partial charge in [0, 0.05) is 18.3 Å². The largest absolute Gasteiger partial charge is 0.330 e. The molecule has 3 rings (SSSR count). The van der Waals surface area contributed by atoms with Crippen LogP contribution in [0.25, 0.3) is 22.6 Å². The Morgan fingerprint density at radius 3 is 2.95 bits per heavy atom. The van der Waals surface area contributed by atoms with Crippen molar-refractivity contribution in [3.05, 3.63) is 33.6 Å². The van der Waals surface area contributed by atoms with Crippen LogP contribution in [0.4, 0.5) is 0 Å². The monoisotopic (exact) mass is 320 g/mol. The van der Waals surface area contributed by atoms with Crippen molar-refractivity contribution in [1.29, 1.82) is 0 Å². The number of imidazole rings is 1. The number of fused-ring (bicyclic) bond motifs is 1. The van der Waals surface area contributed by atoms with E-state index < -0.39 is 0 Å².